The summed E-state index contributed by atoms with van der Waals surface area (Å²) in [5, 5.41) is 0. The van der Waals surface area contributed by atoms with E-state index in [9.17, 15) is 0 Å². The maximum absolute atomic E-state index is 5.84. The van der Waals surface area contributed by atoms with Crippen LogP contribution in [0.15, 0.2) is 48.7 Å². The number of hydrogen-bond donors (Lipinski definition) is 1. The van der Waals surface area contributed by atoms with Gasteiger partial charge in [-0.1, -0.05) is 30.3 Å². The van der Waals surface area contributed by atoms with Crippen molar-refractivity contribution < 1.29 is 4.74 Å². The predicted molar refractivity (Wildman–Crippen MR) is 72.3 cm³/mol. The van der Waals surface area contributed by atoms with Crippen molar-refractivity contribution in [3.8, 4) is 5.88 Å². The average molecular weight is 242 g/mol. The molecule has 1 heterocycles. The molecule has 0 radical (unpaired) electrons. The van der Waals surface area contributed by atoms with Gasteiger partial charge in [0, 0.05) is 18.3 Å². The first-order valence-corrected chi connectivity index (χ1v) is 6.10. The maximum Gasteiger partial charge on any atom is 0.214 e. The highest BCUT2D eigenvalue weighted by Crippen LogP contribution is 2.21. The van der Waals surface area contributed by atoms with Crippen molar-refractivity contribution in [2.75, 3.05) is 0 Å². The summed E-state index contributed by atoms with van der Waals surface area (Å²) in [5.74, 6) is 0.612. The van der Waals surface area contributed by atoms with Crippen molar-refractivity contribution in [3.05, 3.63) is 59.8 Å². The summed E-state index contributed by atoms with van der Waals surface area (Å²) in [7, 11) is 0. The Morgan fingerprint density at radius 1 is 1.06 bits per heavy atom. The summed E-state index contributed by atoms with van der Waals surface area (Å²) in [5.41, 5.74) is 8.00. The number of rotatable bonds is 4. The molecular weight excluding hydrogens is 224 g/mol. The highest BCUT2D eigenvalue weighted by Gasteiger charge is 2.08. The van der Waals surface area contributed by atoms with Gasteiger partial charge in [0.15, 0.2) is 0 Å². The minimum atomic E-state index is -0.0259. The third-order valence-electron chi connectivity index (χ3n) is 2.85. The number of pyridine rings is 1. The Kier molecular flexibility index (Phi) is 3.95. The Balaban J connectivity index is 2.12. The van der Waals surface area contributed by atoms with Gasteiger partial charge in [0.25, 0.3) is 0 Å². The summed E-state index contributed by atoms with van der Waals surface area (Å²) in [6.45, 7) is 3.95. The number of aromatic nitrogens is 1. The molecule has 3 heteroatoms. The molecule has 3 nitrogen and oxygen atoms in total. The molecule has 1 aromatic heterocycles. The third-order valence-corrected chi connectivity index (χ3v) is 2.85. The predicted octanol–water partition coefficient (Wildman–Crippen LogP) is 3.24. The molecular formula is C15H18N2O. The van der Waals surface area contributed by atoms with Gasteiger partial charge in [-0.15, -0.1) is 0 Å². The number of nitrogens with two attached hydrogens (primary N) is 1. The second-order valence-electron chi connectivity index (χ2n) is 4.39. The molecule has 0 aliphatic heterocycles. The van der Waals surface area contributed by atoms with Crippen LogP contribution in [0.4, 0.5) is 0 Å². The van der Waals surface area contributed by atoms with E-state index in [0.717, 1.165) is 11.1 Å². The van der Waals surface area contributed by atoms with Crippen LogP contribution in [0.3, 0.4) is 0 Å². The quantitative estimate of drug-likeness (QED) is 0.895. The summed E-state index contributed by atoms with van der Waals surface area (Å²) >= 11 is 0. The molecule has 2 unspecified atom stereocenters. The average Bonchev–Trinajstić information content (AvgIpc) is 2.40. The zero-order chi connectivity index (χ0) is 13.0. The lowest BCUT2D eigenvalue weighted by Crippen LogP contribution is -2.07. The minimum Gasteiger partial charge on any atom is -0.470 e. The third kappa shape index (κ3) is 3.08. The van der Waals surface area contributed by atoms with E-state index in [1.54, 1.807) is 6.20 Å². The molecule has 0 aliphatic rings. The molecule has 0 amide bonds. The van der Waals surface area contributed by atoms with Crippen molar-refractivity contribution in [1.82, 2.24) is 4.98 Å². The lowest BCUT2D eigenvalue weighted by atomic mass is 10.1. The van der Waals surface area contributed by atoms with Crippen LogP contribution >= 0.6 is 0 Å². The molecule has 18 heavy (non-hydrogen) atoms. The number of ether oxygens (including phenoxy) is 1. The molecule has 2 atom stereocenters. The Morgan fingerprint density at radius 2 is 1.78 bits per heavy atom. The molecule has 2 aromatic rings. The first kappa shape index (κ1) is 12.6. The first-order chi connectivity index (χ1) is 8.66. The molecule has 0 aliphatic carbocycles. The fourth-order valence-electron chi connectivity index (χ4n) is 1.75. The van der Waals surface area contributed by atoms with Gasteiger partial charge < -0.3 is 10.5 Å². The van der Waals surface area contributed by atoms with Crippen molar-refractivity contribution in [3.63, 3.8) is 0 Å². The van der Waals surface area contributed by atoms with E-state index in [1.807, 2.05) is 56.3 Å². The zero-order valence-corrected chi connectivity index (χ0v) is 10.7. The second-order valence-corrected chi connectivity index (χ2v) is 4.39. The number of nitrogens with zero attached hydrogens (tertiary/aromatic N) is 1. The van der Waals surface area contributed by atoms with Gasteiger partial charge in [-0.05, 0) is 31.0 Å². The first-order valence-electron chi connectivity index (χ1n) is 6.10. The van der Waals surface area contributed by atoms with E-state index in [2.05, 4.69) is 4.98 Å². The van der Waals surface area contributed by atoms with Gasteiger partial charge in [0.1, 0.15) is 6.10 Å². The summed E-state index contributed by atoms with van der Waals surface area (Å²) in [4.78, 5) is 4.21. The number of benzene rings is 1. The van der Waals surface area contributed by atoms with E-state index in [-0.39, 0.29) is 12.1 Å². The molecule has 0 fully saturated rings. The maximum atomic E-state index is 5.84. The molecule has 2 rings (SSSR count). The van der Waals surface area contributed by atoms with Crippen molar-refractivity contribution in [2.45, 2.75) is 26.0 Å². The second kappa shape index (κ2) is 5.65. The highest BCUT2D eigenvalue weighted by molar-refractivity contribution is 5.24. The normalized spacial score (nSPS) is 13.9. The molecule has 94 valence electrons. The Bertz CT molecular complexity index is 497. The van der Waals surface area contributed by atoms with Crippen LogP contribution in [-0.2, 0) is 0 Å². The Morgan fingerprint density at radius 3 is 2.44 bits per heavy atom. The van der Waals surface area contributed by atoms with Gasteiger partial charge in [-0.2, -0.15) is 0 Å². The van der Waals surface area contributed by atoms with Crippen LogP contribution in [0, 0.1) is 0 Å². The van der Waals surface area contributed by atoms with Crippen LogP contribution in [0.1, 0.15) is 37.1 Å². The van der Waals surface area contributed by atoms with Gasteiger partial charge in [-0.25, -0.2) is 4.98 Å². The Labute approximate surface area is 108 Å². The molecule has 0 bridgehead atoms. The van der Waals surface area contributed by atoms with E-state index in [4.69, 9.17) is 10.5 Å². The van der Waals surface area contributed by atoms with Crippen LogP contribution in [0.25, 0.3) is 0 Å². The van der Waals surface area contributed by atoms with Crippen LogP contribution < -0.4 is 10.5 Å². The van der Waals surface area contributed by atoms with Crippen molar-refractivity contribution in [1.29, 1.82) is 0 Å². The summed E-state index contributed by atoms with van der Waals surface area (Å²) in [6.07, 6.45) is 1.70. The summed E-state index contributed by atoms with van der Waals surface area (Å²) in [6, 6.07) is 13.9. The van der Waals surface area contributed by atoms with E-state index < -0.39 is 0 Å². The zero-order valence-electron chi connectivity index (χ0n) is 10.7. The topological polar surface area (TPSA) is 48.1 Å². The van der Waals surface area contributed by atoms with Gasteiger partial charge in [0.2, 0.25) is 5.88 Å². The van der Waals surface area contributed by atoms with Crippen molar-refractivity contribution >= 4 is 0 Å². The number of hydrogen-bond acceptors (Lipinski definition) is 3. The smallest absolute Gasteiger partial charge is 0.214 e. The van der Waals surface area contributed by atoms with Crippen LogP contribution in [0.5, 0.6) is 5.88 Å². The lowest BCUT2D eigenvalue weighted by Gasteiger charge is -2.15. The van der Waals surface area contributed by atoms with E-state index >= 15 is 0 Å². The highest BCUT2D eigenvalue weighted by atomic mass is 16.5. The van der Waals surface area contributed by atoms with Gasteiger partial charge >= 0.3 is 0 Å². The van der Waals surface area contributed by atoms with Crippen molar-refractivity contribution in [2.24, 2.45) is 5.73 Å². The molecule has 0 spiro atoms. The Hall–Kier alpha value is -1.87. The summed E-state index contributed by atoms with van der Waals surface area (Å²) < 4.78 is 5.82. The minimum absolute atomic E-state index is 0.0117. The standard InChI is InChI=1S/C15H18N2O/c1-11(16)14-8-9-17-15(10-14)18-12(2)13-6-4-3-5-7-13/h3-12H,16H2,1-2H3. The fraction of sp³-hybridized carbons (Fsp3) is 0.267. The van der Waals surface area contributed by atoms with Crippen LogP contribution in [-0.4, -0.2) is 4.98 Å². The SMILES string of the molecule is CC(N)c1ccnc(OC(C)c2ccccc2)c1. The lowest BCUT2D eigenvalue weighted by molar-refractivity contribution is 0.217. The fourth-order valence-corrected chi connectivity index (χ4v) is 1.75. The largest absolute Gasteiger partial charge is 0.470 e. The molecule has 0 saturated heterocycles. The van der Waals surface area contributed by atoms with Gasteiger partial charge in [0.05, 0.1) is 0 Å². The van der Waals surface area contributed by atoms with Crippen LogP contribution in [0.2, 0.25) is 0 Å². The van der Waals surface area contributed by atoms with Gasteiger partial charge in [-0.3, -0.25) is 0 Å². The molecule has 2 N–H and O–H groups in total. The molecule has 1 aromatic carbocycles. The molecule has 0 saturated carbocycles. The van der Waals surface area contributed by atoms with E-state index in [0.29, 0.717) is 5.88 Å². The van der Waals surface area contributed by atoms with E-state index in [1.165, 1.54) is 0 Å². The monoisotopic (exact) mass is 242 g/mol.